The van der Waals surface area contributed by atoms with Crippen LogP contribution in [0.15, 0.2) is 78.9 Å². The lowest BCUT2D eigenvalue weighted by Gasteiger charge is -2.15. The molecule has 210 valence electrons. The van der Waals surface area contributed by atoms with Crippen molar-refractivity contribution in [2.45, 2.75) is 41.5 Å². The van der Waals surface area contributed by atoms with E-state index in [9.17, 15) is 0 Å². The molecule has 0 aliphatic carbocycles. The molecule has 7 nitrogen and oxygen atoms in total. The van der Waals surface area contributed by atoms with Crippen LogP contribution in [0.4, 0.5) is 0 Å². The minimum absolute atomic E-state index is 0.613. The van der Waals surface area contributed by atoms with Gasteiger partial charge in [-0.15, -0.1) is 0 Å². The predicted octanol–water partition coefficient (Wildman–Crippen LogP) is 8.01. The summed E-state index contributed by atoms with van der Waals surface area (Å²) in [5.41, 5.74) is 9.93. The van der Waals surface area contributed by atoms with Gasteiger partial charge in [-0.2, -0.15) is 0 Å². The highest BCUT2D eigenvalue weighted by molar-refractivity contribution is 6.11. The van der Waals surface area contributed by atoms with Crippen LogP contribution in [0.2, 0.25) is 0 Å². The van der Waals surface area contributed by atoms with Gasteiger partial charge in [-0.3, -0.25) is 0 Å². The number of hydrogen-bond acceptors (Lipinski definition) is 6. The normalized spacial score (nSPS) is 11.5. The van der Waals surface area contributed by atoms with Gasteiger partial charge in [0.25, 0.3) is 0 Å². The number of aromatic nitrogens is 7. The van der Waals surface area contributed by atoms with Crippen LogP contribution in [0.25, 0.3) is 61.4 Å². The lowest BCUT2D eigenvalue weighted by Crippen LogP contribution is -2.04. The molecule has 0 unspecified atom stereocenters. The maximum atomic E-state index is 4.79. The van der Waals surface area contributed by atoms with Gasteiger partial charge < -0.3 is 4.57 Å². The second kappa shape index (κ2) is 10.2. The molecule has 0 radical (unpaired) electrons. The molecule has 0 N–H and O–H groups in total. The maximum Gasteiger partial charge on any atom is 0.165 e. The Hall–Kier alpha value is -5.30. The van der Waals surface area contributed by atoms with Crippen molar-refractivity contribution >= 4 is 21.8 Å². The molecule has 0 bridgehead atoms. The van der Waals surface area contributed by atoms with Gasteiger partial charge in [0.05, 0.1) is 16.7 Å². The third-order valence-corrected chi connectivity index (χ3v) is 7.82. The molecule has 3 aromatic heterocycles. The van der Waals surface area contributed by atoms with Crippen LogP contribution < -0.4 is 0 Å². The summed E-state index contributed by atoms with van der Waals surface area (Å²) in [4.78, 5) is 27.7. The van der Waals surface area contributed by atoms with Crippen molar-refractivity contribution in [1.82, 2.24) is 34.5 Å². The van der Waals surface area contributed by atoms with Crippen molar-refractivity contribution < 1.29 is 0 Å². The molecule has 3 heterocycles. The molecule has 0 spiro atoms. The van der Waals surface area contributed by atoms with Crippen LogP contribution in [-0.4, -0.2) is 34.5 Å². The van der Waals surface area contributed by atoms with Crippen LogP contribution in [0, 0.1) is 41.5 Å². The Morgan fingerprint density at radius 3 is 1.79 bits per heavy atom. The highest BCUT2D eigenvalue weighted by atomic mass is 15.0. The summed E-state index contributed by atoms with van der Waals surface area (Å²) < 4.78 is 2.31. The molecule has 7 aromatic rings. The van der Waals surface area contributed by atoms with Crippen LogP contribution in [-0.2, 0) is 0 Å². The zero-order valence-corrected chi connectivity index (χ0v) is 25.1. The Kier molecular flexibility index (Phi) is 6.31. The molecule has 0 amide bonds. The van der Waals surface area contributed by atoms with Crippen molar-refractivity contribution in [1.29, 1.82) is 0 Å². The van der Waals surface area contributed by atoms with E-state index >= 15 is 0 Å². The van der Waals surface area contributed by atoms with Gasteiger partial charge >= 0.3 is 0 Å². The monoisotopic (exact) mass is 561 g/mol. The standard InChI is InChI=1S/C36H31N7/c1-20-11-14-28(21(2)17-20)26-12-15-33-30(18-26)29-9-7-8-10-32(29)43(33)34-16-13-27(35-39-22(3)37-23(4)40-35)19-31(34)36-41-24(5)38-25(6)42-36/h7-19H,1-6H3. The molecule has 7 rings (SSSR count). The summed E-state index contributed by atoms with van der Waals surface area (Å²) >= 11 is 0. The number of para-hydroxylation sites is 1. The van der Waals surface area contributed by atoms with Gasteiger partial charge in [0, 0.05) is 21.9 Å². The third kappa shape index (κ3) is 4.73. The Balaban J connectivity index is 1.52. The zero-order chi connectivity index (χ0) is 29.8. The fourth-order valence-electron chi connectivity index (χ4n) is 6.07. The SMILES string of the molecule is Cc1ccc(-c2ccc3c(c2)c2ccccc2n3-c2ccc(-c3nc(C)nc(C)n3)cc2-c2nc(C)nc(C)n2)c(C)c1. The number of aryl methyl sites for hydroxylation is 6. The molecular weight excluding hydrogens is 530 g/mol. The van der Waals surface area contributed by atoms with E-state index in [1.54, 1.807) is 0 Å². The quantitative estimate of drug-likeness (QED) is 0.216. The Morgan fingerprint density at radius 2 is 1.09 bits per heavy atom. The summed E-state index contributed by atoms with van der Waals surface area (Å²) in [5.74, 6) is 3.95. The molecular formula is C36H31N7. The summed E-state index contributed by atoms with van der Waals surface area (Å²) in [5, 5.41) is 2.38. The molecule has 0 atom stereocenters. The van der Waals surface area contributed by atoms with Crippen molar-refractivity contribution in [3.05, 3.63) is 113 Å². The predicted molar refractivity (Wildman–Crippen MR) is 172 cm³/mol. The fourth-order valence-corrected chi connectivity index (χ4v) is 6.07. The number of hydrogen-bond donors (Lipinski definition) is 0. The lowest BCUT2D eigenvalue weighted by molar-refractivity contribution is 0.924. The summed E-state index contributed by atoms with van der Waals surface area (Å²) in [7, 11) is 0. The van der Waals surface area contributed by atoms with E-state index in [1.165, 1.54) is 33.0 Å². The smallest absolute Gasteiger partial charge is 0.165 e. The van der Waals surface area contributed by atoms with Crippen molar-refractivity contribution in [2.75, 3.05) is 0 Å². The lowest BCUT2D eigenvalue weighted by atomic mass is 9.97. The third-order valence-electron chi connectivity index (χ3n) is 7.82. The van der Waals surface area contributed by atoms with Gasteiger partial charge in [0.1, 0.15) is 23.3 Å². The van der Waals surface area contributed by atoms with Gasteiger partial charge in [0.2, 0.25) is 0 Å². The summed E-state index contributed by atoms with van der Waals surface area (Å²) in [6, 6.07) is 28.2. The van der Waals surface area contributed by atoms with E-state index in [4.69, 9.17) is 9.97 Å². The molecule has 0 aliphatic rings. The molecule has 0 saturated heterocycles. The number of rotatable bonds is 4. The second-order valence-electron chi connectivity index (χ2n) is 11.1. The molecule has 4 aromatic carbocycles. The minimum Gasteiger partial charge on any atom is -0.309 e. The first-order valence-corrected chi connectivity index (χ1v) is 14.4. The minimum atomic E-state index is 0.613. The number of benzene rings is 4. The van der Waals surface area contributed by atoms with E-state index in [0.29, 0.717) is 34.9 Å². The molecule has 0 aliphatic heterocycles. The molecule has 7 heteroatoms. The van der Waals surface area contributed by atoms with Gasteiger partial charge in [-0.05, 0) is 94.6 Å². The average Bonchev–Trinajstić information content (AvgIpc) is 3.29. The number of nitrogens with zero attached hydrogens (tertiary/aromatic N) is 7. The Morgan fingerprint density at radius 1 is 0.465 bits per heavy atom. The van der Waals surface area contributed by atoms with Gasteiger partial charge in [-0.25, -0.2) is 29.9 Å². The van der Waals surface area contributed by atoms with Crippen LogP contribution in [0.1, 0.15) is 34.4 Å². The van der Waals surface area contributed by atoms with Crippen molar-refractivity contribution in [3.63, 3.8) is 0 Å². The highest BCUT2D eigenvalue weighted by Crippen LogP contribution is 2.39. The first-order chi connectivity index (χ1) is 20.7. The first-order valence-electron chi connectivity index (χ1n) is 14.4. The van der Waals surface area contributed by atoms with Crippen molar-refractivity contribution in [2.24, 2.45) is 0 Å². The van der Waals surface area contributed by atoms with Crippen molar-refractivity contribution in [3.8, 4) is 39.6 Å². The zero-order valence-electron chi connectivity index (χ0n) is 25.1. The van der Waals surface area contributed by atoms with E-state index in [1.807, 2.05) is 27.7 Å². The molecule has 43 heavy (non-hydrogen) atoms. The largest absolute Gasteiger partial charge is 0.309 e. The highest BCUT2D eigenvalue weighted by Gasteiger charge is 2.20. The average molecular weight is 562 g/mol. The number of fused-ring (bicyclic) bond motifs is 3. The van der Waals surface area contributed by atoms with Gasteiger partial charge in [0.15, 0.2) is 11.6 Å². The van der Waals surface area contributed by atoms with E-state index in [0.717, 1.165) is 27.8 Å². The topological polar surface area (TPSA) is 82.3 Å². The fraction of sp³-hybridized carbons (Fsp3) is 0.167. The van der Waals surface area contributed by atoms with E-state index in [2.05, 4.69) is 117 Å². The van der Waals surface area contributed by atoms with Crippen LogP contribution in [0.3, 0.4) is 0 Å². The van der Waals surface area contributed by atoms with Crippen LogP contribution in [0.5, 0.6) is 0 Å². The Bertz CT molecular complexity index is 2170. The van der Waals surface area contributed by atoms with E-state index < -0.39 is 0 Å². The molecule has 0 fully saturated rings. The summed E-state index contributed by atoms with van der Waals surface area (Å²) in [6.45, 7) is 11.9. The second-order valence-corrected chi connectivity index (χ2v) is 11.1. The van der Waals surface area contributed by atoms with Gasteiger partial charge in [-0.1, -0.05) is 48.0 Å². The summed E-state index contributed by atoms with van der Waals surface area (Å²) in [6.07, 6.45) is 0. The van der Waals surface area contributed by atoms with Crippen LogP contribution >= 0.6 is 0 Å². The first kappa shape index (κ1) is 26.6. The molecule has 0 saturated carbocycles. The maximum absolute atomic E-state index is 4.79. The van der Waals surface area contributed by atoms with E-state index in [-0.39, 0.29) is 0 Å². The Labute approximate surface area is 250 Å².